The molecule has 1 aromatic carbocycles. The number of carbonyl (C=O) groups excluding carboxylic acids is 1. The Hall–Kier alpha value is -1.85. The van der Waals surface area contributed by atoms with Crippen molar-refractivity contribution in [2.45, 2.75) is 0 Å². The number of nitrogens with one attached hydrogen (secondary N) is 1. The predicted molar refractivity (Wildman–Crippen MR) is 73.0 cm³/mol. The molecule has 0 saturated carbocycles. The second-order valence-corrected chi connectivity index (χ2v) is 4.47. The molecule has 7 heteroatoms. The first-order valence-electron chi connectivity index (χ1n) is 5.16. The molecule has 0 fully saturated rings. The fraction of sp³-hybridized carbons (Fsp3) is 0. The molecule has 3 N–H and O–H groups in total. The number of rotatable bonds is 2. The molecule has 98 valence electrons. The largest absolute Gasteiger partial charge is 0.384 e. The number of nitrogens with zero attached hydrogens (tertiary/aromatic N) is 1. The number of nitrogen functional groups attached to an aromatic ring is 1. The number of amides is 1. The van der Waals surface area contributed by atoms with Crippen LogP contribution >= 0.6 is 23.2 Å². The maximum atomic E-state index is 13.2. The Balaban J connectivity index is 2.24. The van der Waals surface area contributed by atoms with Crippen molar-refractivity contribution in [1.82, 2.24) is 4.98 Å². The van der Waals surface area contributed by atoms with Crippen LogP contribution in [-0.4, -0.2) is 10.9 Å². The lowest BCUT2D eigenvalue weighted by molar-refractivity contribution is 0.102. The molecule has 2 aromatic rings. The summed E-state index contributed by atoms with van der Waals surface area (Å²) < 4.78 is 13.2. The topological polar surface area (TPSA) is 68.0 Å². The highest BCUT2D eigenvalue weighted by Crippen LogP contribution is 2.27. The van der Waals surface area contributed by atoms with Gasteiger partial charge in [0, 0.05) is 5.69 Å². The third-order valence-corrected chi connectivity index (χ3v) is 2.80. The van der Waals surface area contributed by atoms with E-state index in [0.717, 1.165) is 0 Å². The van der Waals surface area contributed by atoms with Gasteiger partial charge in [0.2, 0.25) is 0 Å². The molecule has 1 amide bonds. The van der Waals surface area contributed by atoms with Gasteiger partial charge in [-0.1, -0.05) is 29.3 Å². The van der Waals surface area contributed by atoms with Crippen LogP contribution in [0.5, 0.6) is 0 Å². The van der Waals surface area contributed by atoms with Crippen molar-refractivity contribution in [1.29, 1.82) is 0 Å². The van der Waals surface area contributed by atoms with Crippen LogP contribution in [0.1, 0.15) is 10.5 Å². The lowest BCUT2D eigenvalue weighted by Crippen LogP contribution is -2.14. The predicted octanol–water partition coefficient (Wildman–Crippen LogP) is 3.36. The lowest BCUT2D eigenvalue weighted by atomic mass is 10.2. The minimum Gasteiger partial charge on any atom is -0.384 e. The number of halogens is 3. The van der Waals surface area contributed by atoms with Gasteiger partial charge >= 0.3 is 0 Å². The molecule has 19 heavy (non-hydrogen) atoms. The molecular weight excluding hydrogens is 292 g/mol. The number of anilines is 2. The molecule has 1 heterocycles. The van der Waals surface area contributed by atoms with Crippen LogP contribution in [-0.2, 0) is 0 Å². The third-order valence-electron chi connectivity index (χ3n) is 2.24. The van der Waals surface area contributed by atoms with Gasteiger partial charge in [0.1, 0.15) is 11.5 Å². The van der Waals surface area contributed by atoms with Gasteiger partial charge in [-0.3, -0.25) is 4.79 Å². The van der Waals surface area contributed by atoms with Crippen molar-refractivity contribution in [2.24, 2.45) is 0 Å². The van der Waals surface area contributed by atoms with E-state index in [1.54, 1.807) is 12.1 Å². The molecule has 0 aliphatic heterocycles. The number of carbonyl (C=O) groups is 1. The van der Waals surface area contributed by atoms with E-state index in [0.29, 0.717) is 0 Å². The maximum absolute atomic E-state index is 13.2. The molecule has 0 saturated heterocycles. The van der Waals surface area contributed by atoms with Crippen molar-refractivity contribution in [3.05, 3.63) is 51.9 Å². The highest BCUT2D eigenvalue weighted by Gasteiger charge is 2.12. The van der Waals surface area contributed by atoms with Crippen LogP contribution in [0.15, 0.2) is 30.3 Å². The number of nitrogens with two attached hydrogens (primary N) is 1. The average molecular weight is 300 g/mol. The Morgan fingerprint density at radius 2 is 1.89 bits per heavy atom. The first kappa shape index (κ1) is 13.6. The molecule has 2 rings (SSSR count). The van der Waals surface area contributed by atoms with Gasteiger partial charge in [0.15, 0.2) is 5.82 Å². The summed E-state index contributed by atoms with van der Waals surface area (Å²) in [6, 6.07) is 7.17. The second-order valence-electron chi connectivity index (χ2n) is 3.66. The van der Waals surface area contributed by atoms with E-state index in [1.807, 2.05) is 0 Å². The van der Waals surface area contributed by atoms with E-state index < -0.39 is 11.7 Å². The number of aromatic nitrogens is 1. The minimum atomic E-state index is -0.733. The molecule has 4 nitrogen and oxygen atoms in total. The van der Waals surface area contributed by atoms with Crippen LogP contribution in [0.25, 0.3) is 0 Å². The minimum absolute atomic E-state index is 0.136. The van der Waals surface area contributed by atoms with Gasteiger partial charge in [0.25, 0.3) is 5.91 Å². The van der Waals surface area contributed by atoms with E-state index in [1.165, 1.54) is 18.2 Å². The quantitative estimate of drug-likeness (QED) is 0.836. The van der Waals surface area contributed by atoms with Crippen LogP contribution in [0.4, 0.5) is 15.9 Å². The molecular formula is C12H8Cl2FN3O. The van der Waals surface area contributed by atoms with Gasteiger partial charge in [-0.05, 0) is 24.3 Å². The standard InChI is InChI=1S/C12H8Cl2FN3O/c13-7-4-6(5-8(14)11(7)15)17-12(19)9-2-1-3-10(16)18-9/h1-5H,(H2,16,18)(H,17,19). The summed E-state index contributed by atoms with van der Waals surface area (Å²) in [5.41, 5.74) is 5.88. The van der Waals surface area contributed by atoms with Gasteiger partial charge in [-0.15, -0.1) is 0 Å². The molecule has 0 spiro atoms. The summed E-state index contributed by atoms with van der Waals surface area (Å²) in [7, 11) is 0. The van der Waals surface area contributed by atoms with Gasteiger partial charge in [0.05, 0.1) is 10.0 Å². The van der Waals surface area contributed by atoms with E-state index in [4.69, 9.17) is 28.9 Å². The van der Waals surface area contributed by atoms with Crippen molar-refractivity contribution < 1.29 is 9.18 Å². The Morgan fingerprint density at radius 1 is 1.26 bits per heavy atom. The van der Waals surface area contributed by atoms with Crippen molar-refractivity contribution >= 4 is 40.6 Å². The normalized spacial score (nSPS) is 10.3. The van der Waals surface area contributed by atoms with Gasteiger partial charge < -0.3 is 11.1 Å². The zero-order valence-electron chi connectivity index (χ0n) is 9.45. The number of benzene rings is 1. The summed E-state index contributed by atoms with van der Waals surface area (Å²) in [6.07, 6.45) is 0. The molecule has 0 atom stereocenters. The summed E-state index contributed by atoms with van der Waals surface area (Å²) in [4.78, 5) is 15.7. The zero-order valence-corrected chi connectivity index (χ0v) is 11.0. The molecule has 0 bridgehead atoms. The van der Waals surface area contributed by atoms with Crippen LogP contribution in [0, 0.1) is 5.82 Å². The van der Waals surface area contributed by atoms with Crippen molar-refractivity contribution in [2.75, 3.05) is 11.1 Å². The fourth-order valence-electron chi connectivity index (χ4n) is 1.40. The summed E-state index contributed by atoms with van der Waals surface area (Å²) in [5, 5.41) is 2.15. The molecule has 0 unspecified atom stereocenters. The molecule has 0 aliphatic rings. The van der Waals surface area contributed by atoms with Crippen LogP contribution < -0.4 is 11.1 Å². The zero-order chi connectivity index (χ0) is 14.0. The fourth-order valence-corrected chi connectivity index (χ4v) is 1.89. The van der Waals surface area contributed by atoms with E-state index in [9.17, 15) is 9.18 Å². The Labute approximate surface area is 118 Å². The van der Waals surface area contributed by atoms with Crippen LogP contribution in [0.2, 0.25) is 10.0 Å². The molecule has 1 aromatic heterocycles. The summed E-state index contributed by atoms with van der Waals surface area (Å²) in [6.45, 7) is 0. The smallest absolute Gasteiger partial charge is 0.274 e. The van der Waals surface area contributed by atoms with E-state index in [2.05, 4.69) is 10.3 Å². The first-order chi connectivity index (χ1) is 8.97. The Kier molecular flexibility index (Phi) is 3.87. The number of pyridine rings is 1. The average Bonchev–Trinajstić information content (AvgIpc) is 2.36. The highest BCUT2D eigenvalue weighted by atomic mass is 35.5. The monoisotopic (exact) mass is 299 g/mol. The first-order valence-corrected chi connectivity index (χ1v) is 5.91. The van der Waals surface area contributed by atoms with Crippen molar-refractivity contribution in [3.63, 3.8) is 0 Å². The maximum Gasteiger partial charge on any atom is 0.274 e. The Bertz CT molecular complexity index is 626. The van der Waals surface area contributed by atoms with Gasteiger partial charge in [-0.2, -0.15) is 0 Å². The SMILES string of the molecule is Nc1cccc(C(=O)Nc2cc(Cl)c(F)c(Cl)c2)n1. The Morgan fingerprint density at radius 3 is 2.47 bits per heavy atom. The second kappa shape index (κ2) is 5.42. The van der Waals surface area contributed by atoms with Crippen LogP contribution in [0.3, 0.4) is 0 Å². The lowest BCUT2D eigenvalue weighted by Gasteiger charge is -2.07. The molecule has 0 aliphatic carbocycles. The number of hydrogen-bond donors (Lipinski definition) is 2. The summed E-state index contributed by atoms with van der Waals surface area (Å²) in [5.74, 6) is -1.00. The number of hydrogen-bond acceptors (Lipinski definition) is 3. The van der Waals surface area contributed by atoms with E-state index in [-0.39, 0.29) is 27.2 Å². The molecule has 0 radical (unpaired) electrons. The van der Waals surface area contributed by atoms with Crippen molar-refractivity contribution in [3.8, 4) is 0 Å². The highest BCUT2D eigenvalue weighted by molar-refractivity contribution is 6.35. The van der Waals surface area contributed by atoms with Gasteiger partial charge in [-0.25, -0.2) is 9.37 Å². The third kappa shape index (κ3) is 3.13. The van der Waals surface area contributed by atoms with E-state index >= 15 is 0 Å². The summed E-state index contributed by atoms with van der Waals surface area (Å²) >= 11 is 11.3.